The third kappa shape index (κ3) is 4.82. The minimum atomic E-state index is 0.376. The van der Waals surface area contributed by atoms with Crippen LogP contribution in [0.15, 0.2) is 16.9 Å². The van der Waals surface area contributed by atoms with Crippen molar-refractivity contribution in [3.05, 3.63) is 16.9 Å². The zero-order chi connectivity index (χ0) is 13.7. The van der Waals surface area contributed by atoms with E-state index in [1.54, 1.807) is 12.4 Å². The SMILES string of the molecule is CC(C)CC(CN(C)C)Nc1c(N)cncc1Br. The van der Waals surface area contributed by atoms with Gasteiger partial charge < -0.3 is 16.0 Å². The molecule has 1 unspecified atom stereocenters. The number of likely N-dealkylation sites (N-methyl/N-ethyl adjacent to an activating group) is 1. The number of aromatic nitrogens is 1. The first-order chi connectivity index (χ1) is 8.40. The van der Waals surface area contributed by atoms with Crippen LogP contribution in [-0.2, 0) is 0 Å². The van der Waals surface area contributed by atoms with E-state index < -0.39 is 0 Å². The molecule has 0 aliphatic rings. The minimum Gasteiger partial charge on any atom is -0.396 e. The molecule has 1 atom stereocenters. The van der Waals surface area contributed by atoms with Crippen molar-refractivity contribution in [2.45, 2.75) is 26.3 Å². The lowest BCUT2D eigenvalue weighted by Gasteiger charge is -2.26. The molecular weight excluding hydrogens is 292 g/mol. The van der Waals surface area contributed by atoms with E-state index in [2.05, 4.69) is 59.1 Å². The van der Waals surface area contributed by atoms with Crippen molar-refractivity contribution >= 4 is 27.3 Å². The van der Waals surface area contributed by atoms with E-state index >= 15 is 0 Å². The van der Waals surface area contributed by atoms with Gasteiger partial charge in [-0.25, -0.2) is 0 Å². The topological polar surface area (TPSA) is 54.2 Å². The van der Waals surface area contributed by atoms with Gasteiger partial charge in [0.2, 0.25) is 0 Å². The Hall–Kier alpha value is -0.810. The molecule has 102 valence electrons. The number of halogens is 1. The Balaban J connectivity index is 2.81. The highest BCUT2D eigenvalue weighted by Gasteiger charge is 2.15. The van der Waals surface area contributed by atoms with Gasteiger partial charge in [-0.1, -0.05) is 13.8 Å². The van der Waals surface area contributed by atoms with Gasteiger partial charge in [0.25, 0.3) is 0 Å². The quantitative estimate of drug-likeness (QED) is 0.847. The second-order valence-corrected chi connectivity index (χ2v) is 6.17. The molecule has 1 heterocycles. The predicted octanol–water partition coefficient (Wildman–Crippen LogP) is 2.81. The normalized spacial score (nSPS) is 13.1. The van der Waals surface area contributed by atoms with Crippen molar-refractivity contribution in [1.29, 1.82) is 0 Å². The number of anilines is 2. The Morgan fingerprint density at radius 2 is 2.06 bits per heavy atom. The minimum absolute atomic E-state index is 0.376. The molecule has 3 N–H and O–H groups in total. The number of nitrogens with one attached hydrogen (secondary N) is 1. The first-order valence-corrected chi connectivity index (χ1v) is 6.99. The smallest absolute Gasteiger partial charge is 0.0752 e. The Labute approximate surface area is 118 Å². The summed E-state index contributed by atoms with van der Waals surface area (Å²) < 4.78 is 0.912. The third-order valence-corrected chi connectivity index (χ3v) is 3.22. The summed E-state index contributed by atoms with van der Waals surface area (Å²) in [6, 6.07) is 0.376. The van der Waals surface area contributed by atoms with Crippen LogP contribution in [0.25, 0.3) is 0 Å². The maximum Gasteiger partial charge on any atom is 0.0752 e. The zero-order valence-electron chi connectivity index (χ0n) is 11.6. The first kappa shape index (κ1) is 15.2. The average molecular weight is 315 g/mol. The van der Waals surface area contributed by atoms with E-state index in [4.69, 9.17) is 5.73 Å². The fraction of sp³-hybridized carbons (Fsp3) is 0.615. The number of hydrogen-bond donors (Lipinski definition) is 2. The van der Waals surface area contributed by atoms with Crippen LogP contribution in [0.3, 0.4) is 0 Å². The highest BCUT2D eigenvalue weighted by atomic mass is 79.9. The molecule has 0 spiro atoms. The molecule has 0 bridgehead atoms. The average Bonchev–Trinajstić information content (AvgIpc) is 2.21. The molecule has 0 amide bonds. The van der Waals surface area contributed by atoms with E-state index in [1.165, 1.54) is 0 Å². The molecule has 1 rings (SSSR count). The van der Waals surface area contributed by atoms with Crippen molar-refractivity contribution in [2.24, 2.45) is 5.92 Å². The van der Waals surface area contributed by atoms with Crippen molar-refractivity contribution in [3.8, 4) is 0 Å². The van der Waals surface area contributed by atoms with Crippen molar-refractivity contribution in [1.82, 2.24) is 9.88 Å². The number of rotatable bonds is 6. The zero-order valence-corrected chi connectivity index (χ0v) is 13.2. The van der Waals surface area contributed by atoms with Gasteiger partial charge in [-0.3, -0.25) is 4.98 Å². The van der Waals surface area contributed by atoms with Crippen LogP contribution in [-0.4, -0.2) is 36.6 Å². The molecule has 5 heteroatoms. The third-order valence-electron chi connectivity index (χ3n) is 2.62. The maximum atomic E-state index is 5.96. The van der Waals surface area contributed by atoms with Crippen molar-refractivity contribution in [2.75, 3.05) is 31.7 Å². The number of nitrogens with two attached hydrogens (primary N) is 1. The number of pyridine rings is 1. The second kappa shape index (κ2) is 6.95. The van der Waals surface area contributed by atoms with Crippen molar-refractivity contribution in [3.63, 3.8) is 0 Å². The van der Waals surface area contributed by atoms with E-state index in [0.717, 1.165) is 23.1 Å². The van der Waals surface area contributed by atoms with E-state index in [0.29, 0.717) is 17.6 Å². The standard InChI is InChI=1S/C13H23BrN4/c1-9(2)5-10(8-18(3)4)17-13-11(14)6-16-7-12(13)15/h6-7,9-10H,5,8,15H2,1-4H3,(H,16,17). The van der Waals surface area contributed by atoms with Gasteiger partial charge >= 0.3 is 0 Å². The summed E-state index contributed by atoms with van der Waals surface area (Å²) in [6.45, 7) is 5.44. The lowest BCUT2D eigenvalue weighted by Crippen LogP contribution is -2.33. The Kier molecular flexibility index (Phi) is 5.88. The summed E-state index contributed by atoms with van der Waals surface area (Å²) in [6.07, 6.45) is 4.54. The van der Waals surface area contributed by atoms with Crippen LogP contribution in [0.2, 0.25) is 0 Å². The largest absolute Gasteiger partial charge is 0.396 e. The lowest BCUT2D eigenvalue weighted by molar-refractivity contribution is 0.356. The molecule has 0 saturated carbocycles. The first-order valence-electron chi connectivity index (χ1n) is 6.20. The van der Waals surface area contributed by atoms with Gasteiger partial charge in [-0.2, -0.15) is 0 Å². The highest BCUT2D eigenvalue weighted by molar-refractivity contribution is 9.10. The van der Waals surface area contributed by atoms with Gasteiger partial charge in [0.05, 0.1) is 22.0 Å². The number of hydrogen-bond acceptors (Lipinski definition) is 4. The Morgan fingerprint density at radius 1 is 1.39 bits per heavy atom. The van der Waals surface area contributed by atoms with Gasteiger partial charge in [0, 0.05) is 18.8 Å². The van der Waals surface area contributed by atoms with E-state index in [1.807, 2.05) is 0 Å². The fourth-order valence-corrected chi connectivity index (χ4v) is 2.46. The molecule has 0 aliphatic carbocycles. The van der Waals surface area contributed by atoms with Gasteiger partial charge in [0.15, 0.2) is 0 Å². The second-order valence-electron chi connectivity index (χ2n) is 5.32. The molecule has 0 aromatic carbocycles. The molecular formula is C13H23BrN4. The summed E-state index contributed by atoms with van der Waals surface area (Å²) in [7, 11) is 4.17. The van der Waals surface area contributed by atoms with Crippen LogP contribution >= 0.6 is 15.9 Å². The fourth-order valence-electron chi connectivity index (χ4n) is 2.00. The van der Waals surface area contributed by atoms with E-state index in [-0.39, 0.29) is 0 Å². The maximum absolute atomic E-state index is 5.96. The predicted molar refractivity (Wildman–Crippen MR) is 81.8 cm³/mol. The van der Waals surface area contributed by atoms with Crippen LogP contribution in [0, 0.1) is 5.92 Å². The summed E-state index contributed by atoms with van der Waals surface area (Å²) in [5, 5.41) is 3.52. The van der Waals surface area contributed by atoms with Crippen LogP contribution in [0.5, 0.6) is 0 Å². The summed E-state index contributed by atoms with van der Waals surface area (Å²) in [5.74, 6) is 0.643. The monoisotopic (exact) mass is 314 g/mol. The lowest BCUT2D eigenvalue weighted by atomic mass is 10.0. The van der Waals surface area contributed by atoms with Crippen molar-refractivity contribution < 1.29 is 0 Å². The van der Waals surface area contributed by atoms with E-state index in [9.17, 15) is 0 Å². The Bertz CT molecular complexity index is 349. The van der Waals surface area contributed by atoms with Gasteiger partial charge in [-0.15, -0.1) is 0 Å². The van der Waals surface area contributed by atoms with Crippen LogP contribution < -0.4 is 11.1 Å². The number of nitrogen functional groups attached to an aromatic ring is 1. The summed E-state index contributed by atoms with van der Waals surface area (Å²) >= 11 is 3.49. The van der Waals surface area contributed by atoms with Gasteiger partial charge in [-0.05, 0) is 42.4 Å². The molecule has 0 fully saturated rings. The van der Waals surface area contributed by atoms with Crippen LogP contribution in [0.1, 0.15) is 20.3 Å². The Morgan fingerprint density at radius 3 is 2.56 bits per heavy atom. The summed E-state index contributed by atoms with van der Waals surface area (Å²) in [5.41, 5.74) is 7.58. The molecule has 0 aliphatic heterocycles. The molecule has 1 aromatic heterocycles. The molecule has 18 heavy (non-hydrogen) atoms. The highest BCUT2D eigenvalue weighted by Crippen LogP contribution is 2.28. The van der Waals surface area contributed by atoms with Crippen LogP contribution in [0.4, 0.5) is 11.4 Å². The van der Waals surface area contributed by atoms with Gasteiger partial charge in [0.1, 0.15) is 0 Å². The number of nitrogens with zero attached hydrogens (tertiary/aromatic N) is 2. The molecule has 0 saturated heterocycles. The molecule has 4 nitrogen and oxygen atoms in total. The molecule has 0 radical (unpaired) electrons. The summed E-state index contributed by atoms with van der Waals surface area (Å²) in [4.78, 5) is 6.24. The molecule has 1 aromatic rings.